The van der Waals surface area contributed by atoms with Gasteiger partial charge in [0.2, 0.25) is 11.7 Å². The first-order valence-electron chi connectivity index (χ1n) is 10.1. The highest BCUT2D eigenvalue weighted by atomic mass is 16.5. The van der Waals surface area contributed by atoms with E-state index >= 15 is 0 Å². The molecule has 9 nitrogen and oxygen atoms in total. The van der Waals surface area contributed by atoms with E-state index in [1.807, 2.05) is 31.2 Å². The third-order valence-electron chi connectivity index (χ3n) is 4.98. The first kappa shape index (κ1) is 20.4. The molecule has 1 aliphatic heterocycles. The van der Waals surface area contributed by atoms with Crippen molar-refractivity contribution in [2.45, 2.75) is 32.6 Å². The molecule has 1 atom stereocenters. The maximum atomic E-state index is 12.8. The van der Waals surface area contributed by atoms with Gasteiger partial charge in [-0.05, 0) is 60.5 Å². The first-order valence-corrected chi connectivity index (χ1v) is 10.1. The number of carbonyl (C=O) groups is 2. The predicted molar refractivity (Wildman–Crippen MR) is 115 cm³/mol. The lowest BCUT2D eigenvalue weighted by Gasteiger charge is -2.13. The summed E-state index contributed by atoms with van der Waals surface area (Å²) in [6.45, 7) is 4.10. The number of anilines is 1. The standard InChI is InChI=1S/C22H22N6O3/c1-3-5-17(23-15-9-6-13(7-10-15)20-25-27-28-26-20)19-16-11-8-14(22(30)31-4-2)12-18(16)24-21(19)29/h6-12,19H,3-5H2,1-2H3,(H,24,29)(H,25,26,27,28). The number of nitrogens with zero attached hydrogens (tertiary/aromatic N) is 4. The molecule has 0 radical (unpaired) electrons. The van der Waals surface area contributed by atoms with Crippen LogP contribution in [-0.4, -0.2) is 44.8 Å². The molecule has 2 N–H and O–H groups in total. The second kappa shape index (κ2) is 8.86. The van der Waals surface area contributed by atoms with Crippen molar-refractivity contribution in [1.29, 1.82) is 0 Å². The summed E-state index contributed by atoms with van der Waals surface area (Å²) in [5.74, 6) is -0.548. The molecule has 9 heteroatoms. The highest BCUT2D eigenvalue weighted by molar-refractivity contribution is 6.19. The minimum atomic E-state index is -0.497. The Labute approximate surface area is 178 Å². The van der Waals surface area contributed by atoms with Gasteiger partial charge in [-0.25, -0.2) is 4.79 Å². The molecule has 1 aromatic heterocycles. The highest BCUT2D eigenvalue weighted by Crippen LogP contribution is 2.36. The van der Waals surface area contributed by atoms with Gasteiger partial charge in [-0.15, -0.1) is 10.2 Å². The monoisotopic (exact) mass is 418 g/mol. The van der Waals surface area contributed by atoms with Gasteiger partial charge in [-0.1, -0.05) is 19.4 Å². The second-order valence-electron chi connectivity index (χ2n) is 7.08. The van der Waals surface area contributed by atoms with Crippen LogP contribution in [0.15, 0.2) is 47.5 Å². The molecule has 1 unspecified atom stereocenters. The number of benzene rings is 2. The predicted octanol–water partition coefficient (Wildman–Crippen LogP) is 3.65. The van der Waals surface area contributed by atoms with E-state index in [2.05, 4.69) is 25.9 Å². The summed E-state index contributed by atoms with van der Waals surface area (Å²) in [6.07, 6.45) is 1.52. The lowest BCUT2D eigenvalue weighted by Crippen LogP contribution is -2.20. The molecule has 2 aromatic carbocycles. The number of fused-ring (bicyclic) bond motifs is 1. The molecule has 1 amide bonds. The van der Waals surface area contributed by atoms with Crippen molar-refractivity contribution < 1.29 is 14.3 Å². The molecular weight excluding hydrogens is 396 g/mol. The Kier molecular flexibility index (Phi) is 5.83. The average Bonchev–Trinajstić information content (AvgIpc) is 3.41. The van der Waals surface area contributed by atoms with Gasteiger partial charge in [0.05, 0.1) is 17.9 Å². The van der Waals surface area contributed by atoms with Gasteiger partial charge >= 0.3 is 5.97 Å². The number of tetrazole rings is 1. The normalized spacial score (nSPS) is 15.5. The van der Waals surface area contributed by atoms with E-state index in [0.717, 1.165) is 28.9 Å². The van der Waals surface area contributed by atoms with Crippen LogP contribution in [0.1, 0.15) is 48.5 Å². The van der Waals surface area contributed by atoms with Crippen LogP contribution >= 0.6 is 0 Å². The molecule has 0 aliphatic carbocycles. The third-order valence-corrected chi connectivity index (χ3v) is 4.98. The number of aromatic nitrogens is 4. The Morgan fingerprint density at radius 3 is 2.65 bits per heavy atom. The first-order chi connectivity index (χ1) is 15.1. The fraction of sp³-hybridized carbons (Fsp3) is 0.273. The number of rotatable bonds is 7. The van der Waals surface area contributed by atoms with E-state index < -0.39 is 11.9 Å². The van der Waals surface area contributed by atoms with Crippen molar-refractivity contribution >= 4 is 29.0 Å². The van der Waals surface area contributed by atoms with Crippen molar-refractivity contribution in [3.05, 3.63) is 53.6 Å². The van der Waals surface area contributed by atoms with Gasteiger partial charge in [0.1, 0.15) is 5.92 Å². The number of carbonyl (C=O) groups excluding carboxylic acids is 2. The van der Waals surface area contributed by atoms with Crippen LogP contribution in [0.25, 0.3) is 11.4 Å². The van der Waals surface area contributed by atoms with Crippen molar-refractivity contribution in [3.8, 4) is 11.4 Å². The minimum absolute atomic E-state index is 0.147. The summed E-state index contributed by atoms with van der Waals surface area (Å²) >= 11 is 0. The molecule has 0 bridgehead atoms. The molecule has 1 aliphatic rings. The van der Waals surface area contributed by atoms with Gasteiger partial charge in [-0.3, -0.25) is 9.79 Å². The summed E-state index contributed by atoms with van der Waals surface area (Å²) in [5, 5.41) is 16.8. The van der Waals surface area contributed by atoms with Crippen LogP contribution in [-0.2, 0) is 9.53 Å². The highest BCUT2D eigenvalue weighted by Gasteiger charge is 2.34. The van der Waals surface area contributed by atoms with Gasteiger partial charge in [-0.2, -0.15) is 5.21 Å². The molecular formula is C22H22N6O3. The minimum Gasteiger partial charge on any atom is -0.462 e. The second-order valence-corrected chi connectivity index (χ2v) is 7.08. The van der Waals surface area contributed by atoms with E-state index in [1.165, 1.54) is 0 Å². The molecule has 0 saturated carbocycles. The van der Waals surface area contributed by atoms with Crippen LogP contribution < -0.4 is 5.32 Å². The molecule has 31 heavy (non-hydrogen) atoms. The van der Waals surface area contributed by atoms with E-state index in [9.17, 15) is 9.59 Å². The number of aromatic amines is 1. The van der Waals surface area contributed by atoms with E-state index in [-0.39, 0.29) is 5.91 Å². The van der Waals surface area contributed by atoms with Crippen LogP contribution in [0, 0.1) is 0 Å². The molecule has 2 heterocycles. The molecule has 0 saturated heterocycles. The summed E-state index contributed by atoms with van der Waals surface area (Å²) < 4.78 is 5.05. The molecule has 0 fully saturated rings. The number of hydrogen-bond acceptors (Lipinski definition) is 7. The van der Waals surface area contributed by atoms with Gasteiger partial charge in [0, 0.05) is 17.0 Å². The summed E-state index contributed by atoms with van der Waals surface area (Å²) in [7, 11) is 0. The number of nitrogens with one attached hydrogen (secondary N) is 2. The van der Waals surface area contributed by atoms with Gasteiger partial charge < -0.3 is 10.1 Å². The largest absolute Gasteiger partial charge is 0.462 e. The fourth-order valence-electron chi connectivity index (χ4n) is 3.59. The van der Waals surface area contributed by atoms with Crippen LogP contribution in [0.3, 0.4) is 0 Å². The maximum absolute atomic E-state index is 12.8. The molecule has 3 aromatic rings. The van der Waals surface area contributed by atoms with E-state index in [4.69, 9.17) is 9.73 Å². The molecule has 4 rings (SSSR count). The summed E-state index contributed by atoms with van der Waals surface area (Å²) in [5.41, 5.74) is 4.17. The number of aliphatic imine (C=N–C) groups is 1. The zero-order valence-corrected chi connectivity index (χ0v) is 17.3. The van der Waals surface area contributed by atoms with Crippen LogP contribution in [0.2, 0.25) is 0 Å². The van der Waals surface area contributed by atoms with Crippen molar-refractivity contribution in [3.63, 3.8) is 0 Å². The number of H-pyrrole nitrogens is 1. The number of esters is 1. The van der Waals surface area contributed by atoms with Gasteiger partial charge in [0.15, 0.2) is 0 Å². The van der Waals surface area contributed by atoms with Crippen LogP contribution in [0.5, 0.6) is 0 Å². The zero-order chi connectivity index (χ0) is 21.8. The number of amides is 1. The number of hydrogen-bond donors (Lipinski definition) is 2. The van der Waals surface area contributed by atoms with Crippen molar-refractivity contribution in [2.75, 3.05) is 11.9 Å². The lowest BCUT2D eigenvalue weighted by molar-refractivity contribution is -0.115. The Morgan fingerprint density at radius 1 is 1.16 bits per heavy atom. The Balaban J connectivity index is 1.64. The Bertz CT molecular complexity index is 1120. The van der Waals surface area contributed by atoms with Crippen molar-refractivity contribution in [1.82, 2.24) is 20.6 Å². The fourth-order valence-corrected chi connectivity index (χ4v) is 3.59. The average molecular weight is 418 g/mol. The Morgan fingerprint density at radius 2 is 1.97 bits per heavy atom. The van der Waals surface area contributed by atoms with Crippen LogP contribution in [0.4, 0.5) is 11.4 Å². The smallest absolute Gasteiger partial charge is 0.338 e. The SMILES string of the molecule is CCCC(=Nc1ccc(-c2nn[nH]n2)cc1)C1C(=O)Nc2cc(C(=O)OCC)ccc21. The summed E-state index contributed by atoms with van der Waals surface area (Å²) in [6, 6.07) is 12.6. The number of ether oxygens (including phenoxy) is 1. The third kappa shape index (κ3) is 4.20. The quantitative estimate of drug-likeness (QED) is 0.446. The zero-order valence-electron chi connectivity index (χ0n) is 17.3. The molecule has 0 spiro atoms. The maximum Gasteiger partial charge on any atom is 0.338 e. The lowest BCUT2D eigenvalue weighted by atomic mass is 9.92. The molecule has 158 valence electrons. The van der Waals surface area contributed by atoms with Crippen molar-refractivity contribution in [2.24, 2.45) is 4.99 Å². The van der Waals surface area contributed by atoms with E-state index in [0.29, 0.717) is 30.1 Å². The Hall–Kier alpha value is -3.88. The van der Waals surface area contributed by atoms with Gasteiger partial charge in [0.25, 0.3) is 0 Å². The topological polar surface area (TPSA) is 122 Å². The summed E-state index contributed by atoms with van der Waals surface area (Å²) in [4.78, 5) is 29.6. The van der Waals surface area contributed by atoms with E-state index in [1.54, 1.807) is 25.1 Å².